The van der Waals surface area contributed by atoms with Crippen LogP contribution < -0.4 is 10.1 Å². The van der Waals surface area contributed by atoms with Gasteiger partial charge in [0.1, 0.15) is 12.3 Å². The van der Waals surface area contributed by atoms with Crippen molar-refractivity contribution in [2.75, 3.05) is 19.8 Å². The fraction of sp³-hybridized carbons (Fsp3) is 0.538. The Morgan fingerprint density at radius 3 is 2.81 bits per heavy atom. The van der Waals surface area contributed by atoms with Gasteiger partial charge < -0.3 is 15.2 Å². The van der Waals surface area contributed by atoms with E-state index < -0.39 is 0 Å². The first-order valence-corrected chi connectivity index (χ1v) is 6.01. The SMILES string of the molecule is CCOc1ccccc1C[NH2+]CCCCO. The number of ether oxygens (including phenoxy) is 1. The second kappa shape index (κ2) is 8.13. The van der Waals surface area contributed by atoms with Crippen LogP contribution in [0.4, 0.5) is 0 Å². The van der Waals surface area contributed by atoms with E-state index in [1.807, 2.05) is 25.1 Å². The fourth-order valence-electron chi connectivity index (χ4n) is 1.63. The van der Waals surface area contributed by atoms with Crippen molar-refractivity contribution in [3.8, 4) is 5.75 Å². The van der Waals surface area contributed by atoms with Crippen LogP contribution in [0.2, 0.25) is 0 Å². The Morgan fingerprint density at radius 2 is 2.06 bits per heavy atom. The highest BCUT2D eigenvalue weighted by molar-refractivity contribution is 5.32. The maximum Gasteiger partial charge on any atom is 0.128 e. The normalized spacial score (nSPS) is 10.4. The molecule has 0 bridgehead atoms. The summed E-state index contributed by atoms with van der Waals surface area (Å²) >= 11 is 0. The second-order valence-corrected chi connectivity index (χ2v) is 3.75. The molecule has 0 spiro atoms. The van der Waals surface area contributed by atoms with E-state index >= 15 is 0 Å². The number of aliphatic hydroxyl groups is 1. The van der Waals surface area contributed by atoms with E-state index in [1.54, 1.807) is 0 Å². The minimum absolute atomic E-state index is 0.295. The van der Waals surface area contributed by atoms with Crippen molar-refractivity contribution in [2.24, 2.45) is 0 Å². The van der Waals surface area contributed by atoms with Crippen LogP contribution in [0.15, 0.2) is 24.3 Å². The summed E-state index contributed by atoms with van der Waals surface area (Å²) in [6.07, 6.45) is 1.96. The van der Waals surface area contributed by atoms with E-state index in [4.69, 9.17) is 9.84 Å². The van der Waals surface area contributed by atoms with Crippen molar-refractivity contribution in [3.63, 3.8) is 0 Å². The molecule has 0 heterocycles. The Labute approximate surface area is 97.4 Å². The third kappa shape index (κ3) is 4.64. The van der Waals surface area contributed by atoms with Crippen molar-refractivity contribution in [2.45, 2.75) is 26.3 Å². The molecule has 1 aromatic carbocycles. The lowest BCUT2D eigenvalue weighted by molar-refractivity contribution is -0.671. The molecule has 0 fully saturated rings. The van der Waals surface area contributed by atoms with E-state index in [-0.39, 0.29) is 0 Å². The standard InChI is InChI=1S/C13H21NO2/c1-2-16-13-8-4-3-7-12(13)11-14-9-5-6-10-15/h3-4,7-8,14-15H,2,5-6,9-11H2,1H3/p+1. The zero-order valence-electron chi connectivity index (χ0n) is 9.98. The zero-order chi connectivity index (χ0) is 11.6. The van der Waals surface area contributed by atoms with Crippen LogP contribution in [0.1, 0.15) is 25.3 Å². The van der Waals surface area contributed by atoms with Crippen LogP contribution in [0.25, 0.3) is 0 Å². The van der Waals surface area contributed by atoms with Crippen LogP contribution in [0, 0.1) is 0 Å². The minimum atomic E-state index is 0.295. The van der Waals surface area contributed by atoms with E-state index in [1.165, 1.54) is 5.56 Å². The third-order valence-electron chi connectivity index (χ3n) is 2.45. The van der Waals surface area contributed by atoms with E-state index in [2.05, 4.69) is 11.4 Å². The molecule has 3 heteroatoms. The summed E-state index contributed by atoms with van der Waals surface area (Å²) in [6.45, 7) is 5.01. The van der Waals surface area contributed by atoms with Gasteiger partial charge in [-0.2, -0.15) is 0 Å². The molecule has 3 nitrogen and oxygen atoms in total. The predicted octanol–water partition coefficient (Wildman–Crippen LogP) is 0.921. The molecule has 0 atom stereocenters. The van der Waals surface area contributed by atoms with Gasteiger partial charge in [-0.05, 0) is 31.9 Å². The quantitative estimate of drug-likeness (QED) is 0.645. The lowest BCUT2D eigenvalue weighted by atomic mass is 10.2. The Morgan fingerprint density at radius 1 is 1.25 bits per heavy atom. The average Bonchev–Trinajstić information content (AvgIpc) is 2.31. The smallest absolute Gasteiger partial charge is 0.128 e. The van der Waals surface area contributed by atoms with Gasteiger partial charge in [0, 0.05) is 12.2 Å². The van der Waals surface area contributed by atoms with Gasteiger partial charge in [0.15, 0.2) is 0 Å². The number of benzene rings is 1. The molecule has 1 aromatic rings. The molecule has 3 N–H and O–H groups in total. The molecule has 0 saturated carbocycles. The number of para-hydroxylation sites is 1. The largest absolute Gasteiger partial charge is 0.493 e. The van der Waals surface area contributed by atoms with Gasteiger partial charge in [0.25, 0.3) is 0 Å². The summed E-state index contributed by atoms with van der Waals surface area (Å²) in [5.41, 5.74) is 1.24. The Hall–Kier alpha value is -1.06. The van der Waals surface area contributed by atoms with Gasteiger partial charge in [-0.1, -0.05) is 12.1 Å². The number of quaternary nitrogens is 1. The van der Waals surface area contributed by atoms with Gasteiger partial charge in [-0.25, -0.2) is 0 Å². The predicted molar refractivity (Wildman–Crippen MR) is 64.4 cm³/mol. The van der Waals surface area contributed by atoms with Crippen LogP contribution in [0.3, 0.4) is 0 Å². The molecule has 0 aliphatic rings. The van der Waals surface area contributed by atoms with Crippen LogP contribution in [-0.2, 0) is 6.54 Å². The lowest BCUT2D eigenvalue weighted by Gasteiger charge is -2.08. The molecular formula is C13H22NO2+. The van der Waals surface area contributed by atoms with E-state index in [0.717, 1.165) is 31.7 Å². The van der Waals surface area contributed by atoms with Gasteiger partial charge in [-0.3, -0.25) is 0 Å². The molecule has 16 heavy (non-hydrogen) atoms. The molecule has 0 aliphatic carbocycles. The van der Waals surface area contributed by atoms with Crippen LogP contribution in [-0.4, -0.2) is 24.9 Å². The highest BCUT2D eigenvalue weighted by Crippen LogP contribution is 2.16. The third-order valence-corrected chi connectivity index (χ3v) is 2.45. The van der Waals surface area contributed by atoms with Gasteiger partial charge >= 0.3 is 0 Å². The fourth-order valence-corrected chi connectivity index (χ4v) is 1.63. The van der Waals surface area contributed by atoms with Gasteiger partial charge in [0.2, 0.25) is 0 Å². The summed E-state index contributed by atoms with van der Waals surface area (Å²) in [7, 11) is 0. The van der Waals surface area contributed by atoms with Crippen LogP contribution >= 0.6 is 0 Å². The average molecular weight is 224 g/mol. The monoisotopic (exact) mass is 224 g/mol. The summed E-state index contributed by atoms with van der Waals surface area (Å²) in [4.78, 5) is 0. The van der Waals surface area contributed by atoms with Crippen molar-refractivity contribution >= 4 is 0 Å². The first kappa shape index (κ1) is 13.0. The number of unbranched alkanes of at least 4 members (excludes halogenated alkanes) is 1. The summed E-state index contributed by atoms with van der Waals surface area (Å²) in [6, 6.07) is 8.16. The summed E-state index contributed by atoms with van der Waals surface area (Å²) in [5.74, 6) is 0.989. The molecule has 0 unspecified atom stereocenters. The summed E-state index contributed by atoms with van der Waals surface area (Å²) in [5, 5.41) is 10.9. The van der Waals surface area contributed by atoms with E-state index in [9.17, 15) is 0 Å². The van der Waals surface area contributed by atoms with Crippen molar-refractivity contribution in [1.29, 1.82) is 0 Å². The maximum atomic E-state index is 8.66. The van der Waals surface area contributed by atoms with E-state index in [0.29, 0.717) is 13.2 Å². The number of aliphatic hydroxyl groups excluding tert-OH is 1. The molecule has 1 rings (SSSR count). The Kier molecular flexibility index (Phi) is 6.61. The second-order valence-electron chi connectivity index (χ2n) is 3.75. The van der Waals surface area contributed by atoms with Gasteiger partial charge in [0.05, 0.1) is 13.2 Å². The van der Waals surface area contributed by atoms with Crippen LogP contribution in [0.5, 0.6) is 5.75 Å². The number of rotatable bonds is 8. The molecule has 0 aliphatic heterocycles. The lowest BCUT2D eigenvalue weighted by Crippen LogP contribution is -2.82. The van der Waals surface area contributed by atoms with Crippen molar-refractivity contribution < 1.29 is 15.2 Å². The zero-order valence-corrected chi connectivity index (χ0v) is 9.98. The molecule has 0 radical (unpaired) electrons. The first-order chi connectivity index (χ1) is 7.88. The molecule has 90 valence electrons. The minimum Gasteiger partial charge on any atom is -0.493 e. The Bertz CT molecular complexity index is 289. The molecular weight excluding hydrogens is 202 g/mol. The number of nitrogens with two attached hydrogens (primary N) is 1. The molecule has 0 amide bonds. The van der Waals surface area contributed by atoms with Crippen molar-refractivity contribution in [3.05, 3.63) is 29.8 Å². The van der Waals surface area contributed by atoms with Gasteiger partial charge in [-0.15, -0.1) is 0 Å². The molecule has 0 aromatic heterocycles. The highest BCUT2D eigenvalue weighted by Gasteiger charge is 2.03. The number of hydrogen-bond acceptors (Lipinski definition) is 2. The maximum absolute atomic E-state index is 8.66. The summed E-state index contributed by atoms with van der Waals surface area (Å²) < 4.78 is 5.56. The topological polar surface area (TPSA) is 46.1 Å². The Balaban J connectivity index is 2.34. The first-order valence-electron chi connectivity index (χ1n) is 6.01. The van der Waals surface area contributed by atoms with Crippen molar-refractivity contribution in [1.82, 2.24) is 0 Å². The highest BCUT2D eigenvalue weighted by atomic mass is 16.5. The molecule has 0 saturated heterocycles. The number of hydrogen-bond donors (Lipinski definition) is 2.